The monoisotopic (exact) mass is 418 g/mol. The van der Waals surface area contributed by atoms with Crippen LogP contribution in [-0.4, -0.2) is 32.3 Å². The number of halogens is 4. The third-order valence-electron chi connectivity index (χ3n) is 4.48. The van der Waals surface area contributed by atoms with Crippen molar-refractivity contribution in [1.82, 2.24) is 19.2 Å². The van der Waals surface area contributed by atoms with Crippen LogP contribution >= 0.6 is 15.9 Å². The fourth-order valence-electron chi connectivity index (χ4n) is 3.11. The Morgan fingerprint density at radius 1 is 1.20 bits per heavy atom. The van der Waals surface area contributed by atoms with Crippen molar-refractivity contribution < 1.29 is 13.2 Å². The van der Waals surface area contributed by atoms with E-state index in [0.717, 1.165) is 22.7 Å². The Balaban J connectivity index is 1.66. The molecule has 1 aromatic heterocycles. The number of hydrogen-bond acceptors (Lipinski definition) is 3. The van der Waals surface area contributed by atoms with Crippen LogP contribution < -0.4 is 5.69 Å². The van der Waals surface area contributed by atoms with E-state index in [9.17, 15) is 18.0 Å². The molecule has 3 rings (SSSR count). The molecule has 0 saturated carbocycles. The molecule has 0 spiro atoms. The smallest absolute Gasteiger partial charge is 0.299 e. The maximum Gasteiger partial charge on any atom is 0.451 e. The summed E-state index contributed by atoms with van der Waals surface area (Å²) in [7, 11) is 1.11. The molecule has 1 aliphatic heterocycles. The quantitative estimate of drug-likeness (QED) is 0.768. The van der Waals surface area contributed by atoms with Crippen LogP contribution in [0.25, 0.3) is 0 Å². The molecule has 1 aliphatic rings. The fraction of sp³-hybridized carbons (Fsp3) is 0.500. The zero-order valence-corrected chi connectivity index (χ0v) is 15.2. The minimum absolute atomic E-state index is 0.295. The van der Waals surface area contributed by atoms with Crippen LogP contribution in [0.4, 0.5) is 13.2 Å². The Hall–Kier alpha value is -1.61. The van der Waals surface area contributed by atoms with Gasteiger partial charge >= 0.3 is 11.9 Å². The Morgan fingerprint density at radius 2 is 1.80 bits per heavy atom. The second-order valence-corrected chi connectivity index (χ2v) is 7.16. The summed E-state index contributed by atoms with van der Waals surface area (Å²) in [6.45, 7) is 2.21. The van der Waals surface area contributed by atoms with Gasteiger partial charge in [-0.3, -0.25) is 9.47 Å². The molecule has 5 nitrogen and oxygen atoms in total. The van der Waals surface area contributed by atoms with Gasteiger partial charge in [0, 0.05) is 31.2 Å². The maximum atomic E-state index is 12.9. The minimum atomic E-state index is -4.62. The predicted octanol–water partition coefficient (Wildman–Crippen LogP) is 3.20. The summed E-state index contributed by atoms with van der Waals surface area (Å²) in [5.74, 6) is -1.14. The summed E-state index contributed by atoms with van der Waals surface area (Å²) in [6, 6.07) is 7.74. The van der Waals surface area contributed by atoms with Gasteiger partial charge in [0.05, 0.1) is 6.04 Å². The largest absolute Gasteiger partial charge is 0.451 e. The number of likely N-dealkylation sites (tertiary alicyclic amines) is 1. The van der Waals surface area contributed by atoms with Crippen LogP contribution in [0.3, 0.4) is 0 Å². The molecule has 0 amide bonds. The van der Waals surface area contributed by atoms with Gasteiger partial charge in [0.2, 0.25) is 5.82 Å². The van der Waals surface area contributed by atoms with Crippen molar-refractivity contribution in [1.29, 1.82) is 0 Å². The van der Waals surface area contributed by atoms with E-state index in [-0.39, 0.29) is 6.04 Å². The number of nitrogens with zero attached hydrogens (tertiary/aromatic N) is 4. The molecule has 0 atom stereocenters. The lowest BCUT2D eigenvalue weighted by Crippen LogP contribution is -2.37. The zero-order chi connectivity index (χ0) is 18.2. The average Bonchev–Trinajstić information content (AvgIpc) is 2.86. The first-order valence-electron chi connectivity index (χ1n) is 7.95. The normalized spacial score (nSPS) is 17.2. The molecule has 1 fully saturated rings. The van der Waals surface area contributed by atoms with Crippen molar-refractivity contribution in [2.24, 2.45) is 7.05 Å². The molecule has 0 aliphatic carbocycles. The van der Waals surface area contributed by atoms with Crippen LogP contribution in [0.1, 0.15) is 30.3 Å². The molecular formula is C16H18BrF3N4O. The number of aromatic nitrogens is 3. The van der Waals surface area contributed by atoms with Crippen molar-refractivity contribution in [3.8, 4) is 0 Å². The van der Waals surface area contributed by atoms with Gasteiger partial charge in [0.1, 0.15) is 0 Å². The average molecular weight is 419 g/mol. The minimum Gasteiger partial charge on any atom is -0.299 e. The first kappa shape index (κ1) is 18.2. The summed E-state index contributed by atoms with van der Waals surface area (Å²) in [4.78, 5) is 14.3. The summed E-state index contributed by atoms with van der Waals surface area (Å²) >= 11 is 3.40. The van der Waals surface area contributed by atoms with Crippen LogP contribution in [0.15, 0.2) is 33.5 Å². The van der Waals surface area contributed by atoms with Gasteiger partial charge < -0.3 is 0 Å². The molecule has 2 aromatic rings. The van der Waals surface area contributed by atoms with Gasteiger partial charge in [-0.25, -0.2) is 9.48 Å². The van der Waals surface area contributed by atoms with Crippen LogP contribution in [0.2, 0.25) is 0 Å². The molecule has 0 unspecified atom stereocenters. The van der Waals surface area contributed by atoms with Crippen LogP contribution in [0, 0.1) is 0 Å². The second kappa shape index (κ2) is 6.95. The Labute approximate surface area is 151 Å². The Bertz CT molecular complexity index is 789. The highest BCUT2D eigenvalue weighted by Gasteiger charge is 2.39. The van der Waals surface area contributed by atoms with Crippen molar-refractivity contribution >= 4 is 15.9 Å². The Kier molecular flexibility index (Phi) is 5.06. The number of hydrogen-bond donors (Lipinski definition) is 0. The number of piperidine rings is 1. The fourth-order valence-corrected chi connectivity index (χ4v) is 3.38. The summed E-state index contributed by atoms with van der Waals surface area (Å²) < 4.78 is 41.3. The van der Waals surface area contributed by atoms with E-state index in [1.54, 1.807) is 0 Å². The van der Waals surface area contributed by atoms with Gasteiger partial charge in [-0.2, -0.15) is 13.2 Å². The van der Waals surface area contributed by atoms with Gasteiger partial charge in [-0.15, -0.1) is 5.10 Å². The van der Waals surface area contributed by atoms with Crippen LogP contribution in [-0.2, 0) is 19.8 Å². The van der Waals surface area contributed by atoms with Gasteiger partial charge in [0.25, 0.3) is 0 Å². The molecule has 0 N–H and O–H groups in total. The van der Waals surface area contributed by atoms with E-state index in [2.05, 4.69) is 25.9 Å². The van der Waals surface area contributed by atoms with Crippen molar-refractivity contribution in [3.63, 3.8) is 0 Å². The topological polar surface area (TPSA) is 43.1 Å². The first-order chi connectivity index (χ1) is 11.8. The Morgan fingerprint density at radius 3 is 2.32 bits per heavy atom. The molecule has 9 heteroatoms. The van der Waals surface area contributed by atoms with Crippen molar-refractivity contribution in [2.45, 2.75) is 31.6 Å². The molecular weight excluding hydrogens is 401 g/mol. The maximum absolute atomic E-state index is 12.9. The second-order valence-electron chi connectivity index (χ2n) is 6.24. The zero-order valence-electron chi connectivity index (χ0n) is 13.6. The van der Waals surface area contributed by atoms with Crippen molar-refractivity contribution in [2.75, 3.05) is 13.1 Å². The molecule has 1 saturated heterocycles. The van der Waals surface area contributed by atoms with Gasteiger partial charge in [-0.05, 0) is 30.5 Å². The van der Waals surface area contributed by atoms with Gasteiger partial charge in [0.15, 0.2) is 0 Å². The first-order valence-corrected chi connectivity index (χ1v) is 8.74. The van der Waals surface area contributed by atoms with Gasteiger partial charge in [-0.1, -0.05) is 28.1 Å². The van der Waals surface area contributed by atoms with Crippen LogP contribution in [0.5, 0.6) is 0 Å². The number of alkyl halides is 3. The highest BCUT2D eigenvalue weighted by atomic mass is 79.9. The van der Waals surface area contributed by atoms with E-state index in [1.807, 2.05) is 24.3 Å². The molecule has 136 valence electrons. The summed E-state index contributed by atoms with van der Waals surface area (Å²) in [6.07, 6.45) is -3.42. The SMILES string of the molecule is Cn1c(C(F)(F)F)nn(C2CCN(Cc3ccc(Br)cc3)CC2)c1=O. The lowest BCUT2D eigenvalue weighted by Gasteiger charge is -2.31. The van der Waals surface area contributed by atoms with E-state index < -0.39 is 17.7 Å². The van der Waals surface area contributed by atoms with E-state index in [0.29, 0.717) is 30.5 Å². The third kappa shape index (κ3) is 3.98. The molecule has 2 heterocycles. The lowest BCUT2D eigenvalue weighted by atomic mass is 10.0. The van der Waals surface area contributed by atoms with E-state index in [1.165, 1.54) is 5.56 Å². The molecule has 1 aromatic carbocycles. The summed E-state index contributed by atoms with van der Waals surface area (Å²) in [5.41, 5.74) is 0.467. The standard InChI is InChI=1S/C16H18BrF3N4O/c1-22-14(16(18,19)20)21-24(15(22)25)13-6-8-23(9-7-13)10-11-2-4-12(17)5-3-11/h2-5,13H,6-10H2,1H3. The van der Waals surface area contributed by atoms with E-state index >= 15 is 0 Å². The highest BCUT2D eigenvalue weighted by Crippen LogP contribution is 2.28. The highest BCUT2D eigenvalue weighted by molar-refractivity contribution is 9.10. The predicted molar refractivity (Wildman–Crippen MR) is 90.2 cm³/mol. The van der Waals surface area contributed by atoms with E-state index in [4.69, 9.17) is 0 Å². The van der Waals surface area contributed by atoms with Crippen molar-refractivity contribution in [3.05, 3.63) is 50.6 Å². The third-order valence-corrected chi connectivity index (χ3v) is 5.01. The summed E-state index contributed by atoms with van der Waals surface area (Å²) in [5, 5.41) is 3.54. The molecule has 25 heavy (non-hydrogen) atoms. The molecule has 0 radical (unpaired) electrons. The number of benzene rings is 1. The lowest BCUT2D eigenvalue weighted by molar-refractivity contribution is -0.147. The molecule has 0 bridgehead atoms. The number of rotatable bonds is 3.